The largest absolute Gasteiger partial charge is 0.380 e. The van der Waals surface area contributed by atoms with Gasteiger partial charge in [0.25, 0.3) is 0 Å². The molecule has 17 heavy (non-hydrogen) atoms. The van der Waals surface area contributed by atoms with Gasteiger partial charge in [0.1, 0.15) is 5.52 Å². The molecule has 0 aliphatic rings. The molecular weight excluding hydrogens is 236 g/mol. The first-order valence-electron chi connectivity index (χ1n) is 5.77. The molecule has 0 spiro atoms. The third kappa shape index (κ3) is 2.02. The maximum absolute atomic E-state index is 5.35. The van der Waals surface area contributed by atoms with Gasteiger partial charge in [0.2, 0.25) is 0 Å². The lowest BCUT2D eigenvalue weighted by Gasteiger charge is -2.11. The maximum atomic E-state index is 5.35. The number of imidazole rings is 1. The number of aryl methyl sites for hydroxylation is 2. The first kappa shape index (κ1) is 12.3. The van der Waals surface area contributed by atoms with Crippen molar-refractivity contribution in [3.63, 3.8) is 0 Å². The van der Waals surface area contributed by atoms with Crippen LogP contribution >= 0.6 is 12.2 Å². The van der Waals surface area contributed by atoms with Gasteiger partial charge < -0.3 is 9.72 Å². The molecule has 2 rings (SSSR count). The van der Waals surface area contributed by atoms with Crippen LogP contribution in [0.15, 0.2) is 0 Å². The van der Waals surface area contributed by atoms with Crippen molar-refractivity contribution in [2.45, 2.75) is 40.0 Å². The minimum absolute atomic E-state index is 0.126. The molecule has 0 saturated heterocycles. The predicted octanol–water partition coefficient (Wildman–Crippen LogP) is 2.26. The van der Waals surface area contributed by atoms with E-state index in [-0.39, 0.29) is 6.10 Å². The molecule has 2 aromatic rings. The van der Waals surface area contributed by atoms with Crippen molar-refractivity contribution < 1.29 is 4.74 Å². The van der Waals surface area contributed by atoms with Crippen LogP contribution in [-0.2, 0) is 17.8 Å². The fourth-order valence-corrected chi connectivity index (χ4v) is 2.25. The number of hydrogen-bond acceptors (Lipinski definition) is 3. The van der Waals surface area contributed by atoms with Crippen LogP contribution in [0.25, 0.3) is 11.2 Å². The lowest BCUT2D eigenvalue weighted by Crippen LogP contribution is -2.16. The van der Waals surface area contributed by atoms with Crippen molar-refractivity contribution in [2.24, 2.45) is 0 Å². The standard InChI is InChI=1S/C11H18N4OS/c1-5-15-10-9(8(3)13-15)12-11(17)14(10)6-7(2)16-4/h7H,5-6H2,1-4H3,(H,12,17). The molecule has 5 nitrogen and oxygen atoms in total. The molecule has 1 atom stereocenters. The van der Waals surface area contributed by atoms with Gasteiger partial charge in [-0.05, 0) is 33.0 Å². The Morgan fingerprint density at radius 2 is 2.24 bits per heavy atom. The molecule has 0 aromatic carbocycles. The van der Waals surface area contributed by atoms with Gasteiger partial charge in [-0.2, -0.15) is 5.10 Å². The highest BCUT2D eigenvalue weighted by Crippen LogP contribution is 2.18. The highest BCUT2D eigenvalue weighted by molar-refractivity contribution is 7.71. The molecule has 2 heterocycles. The SMILES string of the molecule is CCn1nc(C)c2[nH]c(=S)n(CC(C)OC)c21. The lowest BCUT2D eigenvalue weighted by atomic mass is 10.4. The van der Waals surface area contributed by atoms with Crippen molar-refractivity contribution in [3.05, 3.63) is 10.5 Å². The summed E-state index contributed by atoms with van der Waals surface area (Å²) in [5.41, 5.74) is 3.07. The van der Waals surface area contributed by atoms with Gasteiger partial charge in [0, 0.05) is 13.7 Å². The van der Waals surface area contributed by atoms with Crippen molar-refractivity contribution in [3.8, 4) is 0 Å². The summed E-state index contributed by atoms with van der Waals surface area (Å²) in [6.07, 6.45) is 0.126. The molecular formula is C11H18N4OS. The smallest absolute Gasteiger partial charge is 0.179 e. The van der Waals surface area contributed by atoms with Gasteiger partial charge in [0.05, 0.1) is 18.3 Å². The Bertz CT molecular complexity index is 580. The minimum Gasteiger partial charge on any atom is -0.380 e. The third-order valence-corrected chi connectivity index (χ3v) is 3.30. The summed E-state index contributed by atoms with van der Waals surface area (Å²) >= 11 is 5.35. The second-order valence-electron chi connectivity index (χ2n) is 4.19. The van der Waals surface area contributed by atoms with E-state index in [9.17, 15) is 0 Å². The number of aromatic amines is 1. The fraction of sp³-hybridized carbons (Fsp3) is 0.636. The van der Waals surface area contributed by atoms with Gasteiger partial charge >= 0.3 is 0 Å². The zero-order valence-corrected chi connectivity index (χ0v) is 11.5. The zero-order valence-electron chi connectivity index (χ0n) is 10.6. The molecule has 6 heteroatoms. The van der Waals surface area contributed by atoms with E-state index in [0.717, 1.165) is 34.7 Å². The summed E-state index contributed by atoms with van der Waals surface area (Å²) in [5, 5.41) is 4.48. The number of nitrogens with zero attached hydrogens (tertiary/aromatic N) is 3. The first-order chi connectivity index (χ1) is 8.08. The highest BCUT2D eigenvalue weighted by atomic mass is 32.1. The molecule has 94 valence electrons. The van der Waals surface area contributed by atoms with Crippen LogP contribution < -0.4 is 0 Å². The van der Waals surface area contributed by atoms with Gasteiger partial charge in [0.15, 0.2) is 10.4 Å². The van der Waals surface area contributed by atoms with E-state index in [1.807, 2.05) is 18.5 Å². The molecule has 0 aliphatic carbocycles. The monoisotopic (exact) mass is 254 g/mol. The molecule has 2 aromatic heterocycles. The summed E-state index contributed by atoms with van der Waals surface area (Å²) in [7, 11) is 1.71. The number of H-pyrrole nitrogens is 1. The number of hydrogen-bond donors (Lipinski definition) is 1. The lowest BCUT2D eigenvalue weighted by molar-refractivity contribution is 0.103. The quantitative estimate of drug-likeness (QED) is 0.851. The summed E-state index contributed by atoms with van der Waals surface area (Å²) < 4.78 is 10.1. The number of methoxy groups -OCH3 is 1. The topological polar surface area (TPSA) is 47.8 Å². The second-order valence-corrected chi connectivity index (χ2v) is 4.57. The van der Waals surface area contributed by atoms with E-state index >= 15 is 0 Å². The van der Waals surface area contributed by atoms with E-state index in [4.69, 9.17) is 17.0 Å². The molecule has 0 bridgehead atoms. The van der Waals surface area contributed by atoms with Gasteiger partial charge in [-0.3, -0.25) is 4.57 Å². The van der Waals surface area contributed by atoms with Gasteiger partial charge in [-0.25, -0.2) is 4.68 Å². The van der Waals surface area contributed by atoms with Crippen molar-refractivity contribution in [2.75, 3.05) is 7.11 Å². The first-order valence-corrected chi connectivity index (χ1v) is 6.18. The van der Waals surface area contributed by atoms with Crippen molar-refractivity contribution >= 4 is 23.4 Å². The van der Waals surface area contributed by atoms with E-state index in [2.05, 4.69) is 21.6 Å². The van der Waals surface area contributed by atoms with Crippen LogP contribution in [0.5, 0.6) is 0 Å². The Kier molecular flexibility index (Phi) is 3.35. The van der Waals surface area contributed by atoms with E-state index in [0.29, 0.717) is 0 Å². The van der Waals surface area contributed by atoms with E-state index in [1.165, 1.54) is 0 Å². The maximum Gasteiger partial charge on any atom is 0.179 e. The number of ether oxygens (including phenoxy) is 1. The fourth-order valence-electron chi connectivity index (χ4n) is 1.98. The Morgan fingerprint density at radius 3 is 2.82 bits per heavy atom. The summed E-state index contributed by atoms with van der Waals surface area (Å²) in [4.78, 5) is 3.22. The molecule has 1 unspecified atom stereocenters. The van der Waals surface area contributed by atoms with Crippen LogP contribution in [0.3, 0.4) is 0 Å². The van der Waals surface area contributed by atoms with Gasteiger partial charge in [-0.15, -0.1) is 0 Å². The van der Waals surface area contributed by atoms with Crippen LogP contribution in [0.1, 0.15) is 19.5 Å². The predicted molar refractivity (Wildman–Crippen MR) is 69.8 cm³/mol. The summed E-state index contributed by atoms with van der Waals surface area (Å²) in [6.45, 7) is 7.66. The Labute approximate surface area is 105 Å². The third-order valence-electron chi connectivity index (χ3n) is 2.97. The molecule has 0 saturated carbocycles. The normalized spacial score (nSPS) is 13.4. The Hall–Kier alpha value is -1.14. The molecule has 1 N–H and O–H groups in total. The summed E-state index contributed by atoms with van der Waals surface area (Å²) in [6, 6.07) is 0. The Morgan fingerprint density at radius 1 is 1.53 bits per heavy atom. The average molecular weight is 254 g/mol. The molecule has 0 radical (unpaired) electrons. The Balaban J connectivity index is 2.60. The van der Waals surface area contributed by atoms with Gasteiger partial charge in [-0.1, -0.05) is 0 Å². The summed E-state index contributed by atoms with van der Waals surface area (Å²) in [5.74, 6) is 0. The number of fused-ring (bicyclic) bond motifs is 1. The van der Waals surface area contributed by atoms with Crippen molar-refractivity contribution in [1.29, 1.82) is 0 Å². The van der Waals surface area contributed by atoms with Crippen LogP contribution in [-0.4, -0.2) is 32.5 Å². The number of nitrogens with one attached hydrogen (secondary N) is 1. The minimum atomic E-state index is 0.126. The molecule has 0 amide bonds. The van der Waals surface area contributed by atoms with Crippen LogP contribution in [0.4, 0.5) is 0 Å². The van der Waals surface area contributed by atoms with E-state index in [1.54, 1.807) is 7.11 Å². The highest BCUT2D eigenvalue weighted by Gasteiger charge is 2.15. The zero-order chi connectivity index (χ0) is 12.6. The molecule has 0 fully saturated rings. The van der Waals surface area contributed by atoms with Crippen molar-refractivity contribution in [1.82, 2.24) is 19.3 Å². The number of aromatic nitrogens is 4. The molecule has 0 aliphatic heterocycles. The van der Waals surface area contributed by atoms with E-state index < -0.39 is 0 Å². The van der Waals surface area contributed by atoms with Crippen LogP contribution in [0, 0.1) is 11.7 Å². The average Bonchev–Trinajstić information content (AvgIpc) is 2.78. The van der Waals surface area contributed by atoms with Crippen LogP contribution in [0.2, 0.25) is 0 Å². The second kappa shape index (κ2) is 4.62. The number of rotatable bonds is 4.